The first-order valence-corrected chi connectivity index (χ1v) is 8.29. The van der Waals surface area contributed by atoms with Gasteiger partial charge in [-0.2, -0.15) is 12.6 Å². The Morgan fingerprint density at radius 3 is 1.96 bits per heavy atom. The Labute approximate surface area is 151 Å². The Kier molecular flexibility index (Phi) is 10.1. The molecule has 0 bridgehead atoms. The van der Waals surface area contributed by atoms with Crippen molar-refractivity contribution in [1.29, 1.82) is 0 Å². The molecule has 0 fully saturated rings. The van der Waals surface area contributed by atoms with Crippen LogP contribution >= 0.6 is 12.6 Å². The molecule has 0 aliphatic heterocycles. The first-order chi connectivity index (χ1) is 11.5. The fourth-order valence-electron chi connectivity index (χ4n) is 1.71. The maximum atomic E-state index is 12.3. The van der Waals surface area contributed by atoms with Gasteiger partial charge in [0, 0.05) is 5.75 Å². The third-order valence-corrected chi connectivity index (χ3v) is 3.72. The standard InChI is InChI=1S/C14H26N4O6S/c1-6(2)10(18-11(20)8(15)5-25)13(22)17-9(4-19)12(21)16-7(3)14(23)24/h6-10,19,25H,4-5,15H2,1-3H3,(H,16,21)(H,17,22)(H,18,20)(H,23,24). The average molecular weight is 378 g/mol. The summed E-state index contributed by atoms with van der Waals surface area (Å²) >= 11 is 3.91. The minimum absolute atomic E-state index is 0.0903. The van der Waals surface area contributed by atoms with Crippen molar-refractivity contribution in [2.75, 3.05) is 12.4 Å². The van der Waals surface area contributed by atoms with Gasteiger partial charge < -0.3 is 31.9 Å². The summed E-state index contributed by atoms with van der Waals surface area (Å²) in [5, 5.41) is 24.9. The van der Waals surface area contributed by atoms with Crippen molar-refractivity contribution in [2.24, 2.45) is 11.7 Å². The van der Waals surface area contributed by atoms with Crippen LogP contribution in [0.5, 0.6) is 0 Å². The van der Waals surface area contributed by atoms with Crippen molar-refractivity contribution < 1.29 is 29.4 Å². The van der Waals surface area contributed by atoms with E-state index in [2.05, 4.69) is 28.6 Å². The molecule has 0 spiro atoms. The van der Waals surface area contributed by atoms with Crippen LogP contribution in [0, 0.1) is 5.92 Å². The number of aliphatic hydroxyl groups is 1. The second-order valence-corrected chi connectivity index (χ2v) is 6.20. The highest BCUT2D eigenvalue weighted by atomic mass is 32.1. The molecule has 144 valence electrons. The van der Waals surface area contributed by atoms with Gasteiger partial charge in [-0.3, -0.25) is 19.2 Å². The van der Waals surface area contributed by atoms with E-state index in [0.717, 1.165) is 0 Å². The summed E-state index contributed by atoms with van der Waals surface area (Å²) in [5.74, 6) is -3.62. The summed E-state index contributed by atoms with van der Waals surface area (Å²) in [7, 11) is 0. The summed E-state index contributed by atoms with van der Waals surface area (Å²) in [6, 6.07) is -4.43. The van der Waals surface area contributed by atoms with E-state index in [0.29, 0.717) is 0 Å². The molecule has 0 rings (SSSR count). The molecule has 25 heavy (non-hydrogen) atoms. The molecule has 0 saturated carbocycles. The SMILES string of the molecule is CC(NC(=O)C(CO)NC(=O)C(NC(=O)C(N)CS)C(C)C)C(=O)O. The maximum absolute atomic E-state index is 12.3. The lowest BCUT2D eigenvalue weighted by Crippen LogP contribution is -2.59. The summed E-state index contributed by atoms with van der Waals surface area (Å²) in [6.07, 6.45) is 0. The smallest absolute Gasteiger partial charge is 0.325 e. The molecule has 0 heterocycles. The second kappa shape index (κ2) is 10.9. The van der Waals surface area contributed by atoms with Crippen LogP contribution in [-0.2, 0) is 19.2 Å². The van der Waals surface area contributed by atoms with Crippen molar-refractivity contribution in [2.45, 2.75) is 44.9 Å². The van der Waals surface area contributed by atoms with Gasteiger partial charge in [-0.25, -0.2) is 0 Å². The number of nitrogens with one attached hydrogen (secondary N) is 3. The molecular formula is C14H26N4O6S. The van der Waals surface area contributed by atoms with Crippen molar-refractivity contribution in [3.8, 4) is 0 Å². The topological polar surface area (TPSA) is 171 Å². The number of rotatable bonds is 10. The lowest BCUT2D eigenvalue weighted by atomic mass is 10.0. The number of hydrogen-bond donors (Lipinski definition) is 7. The van der Waals surface area contributed by atoms with E-state index < -0.39 is 54.5 Å². The zero-order valence-electron chi connectivity index (χ0n) is 14.4. The molecule has 4 atom stereocenters. The van der Waals surface area contributed by atoms with Gasteiger partial charge in [-0.05, 0) is 12.8 Å². The van der Waals surface area contributed by atoms with E-state index in [1.165, 1.54) is 6.92 Å². The van der Waals surface area contributed by atoms with Gasteiger partial charge in [-0.1, -0.05) is 13.8 Å². The summed E-state index contributed by atoms with van der Waals surface area (Å²) in [5.41, 5.74) is 5.54. The average Bonchev–Trinajstić information content (AvgIpc) is 2.55. The van der Waals surface area contributed by atoms with Crippen LogP contribution < -0.4 is 21.7 Å². The van der Waals surface area contributed by atoms with Crippen molar-refractivity contribution in [1.82, 2.24) is 16.0 Å². The fraction of sp³-hybridized carbons (Fsp3) is 0.714. The maximum Gasteiger partial charge on any atom is 0.325 e. The Balaban J connectivity index is 4.98. The highest BCUT2D eigenvalue weighted by Gasteiger charge is 2.30. The molecule has 0 aromatic heterocycles. The number of nitrogens with two attached hydrogens (primary N) is 1. The Hall–Kier alpha value is -1.85. The summed E-state index contributed by atoms with van der Waals surface area (Å²) in [4.78, 5) is 46.9. The normalized spacial score (nSPS) is 15.6. The number of carbonyl (C=O) groups excluding carboxylic acids is 3. The molecule has 0 radical (unpaired) electrons. The van der Waals surface area contributed by atoms with Crippen molar-refractivity contribution in [3.63, 3.8) is 0 Å². The molecule has 7 N–H and O–H groups in total. The number of carboxylic acids is 1. The molecule has 10 nitrogen and oxygen atoms in total. The largest absolute Gasteiger partial charge is 0.480 e. The number of carboxylic acid groups (broad SMARTS) is 1. The minimum Gasteiger partial charge on any atom is -0.480 e. The first-order valence-electron chi connectivity index (χ1n) is 7.66. The van der Waals surface area contributed by atoms with Crippen LogP contribution in [0.3, 0.4) is 0 Å². The van der Waals surface area contributed by atoms with Crippen molar-refractivity contribution in [3.05, 3.63) is 0 Å². The van der Waals surface area contributed by atoms with Gasteiger partial charge in [0.25, 0.3) is 0 Å². The van der Waals surface area contributed by atoms with E-state index in [1.807, 2.05) is 0 Å². The predicted octanol–water partition coefficient (Wildman–Crippen LogP) is -2.55. The molecule has 11 heteroatoms. The summed E-state index contributed by atoms with van der Waals surface area (Å²) in [6.45, 7) is 3.86. The third kappa shape index (κ3) is 7.71. The highest BCUT2D eigenvalue weighted by Crippen LogP contribution is 2.03. The van der Waals surface area contributed by atoms with Crippen LogP contribution in [0.15, 0.2) is 0 Å². The molecule has 0 aromatic rings. The number of aliphatic hydroxyl groups excluding tert-OH is 1. The lowest BCUT2D eigenvalue weighted by Gasteiger charge is -2.25. The molecule has 0 aromatic carbocycles. The number of hydrogen-bond acceptors (Lipinski definition) is 7. The van der Waals surface area contributed by atoms with E-state index >= 15 is 0 Å². The molecule has 0 aliphatic rings. The van der Waals surface area contributed by atoms with E-state index in [9.17, 15) is 24.3 Å². The highest BCUT2D eigenvalue weighted by molar-refractivity contribution is 7.80. The van der Waals surface area contributed by atoms with Crippen molar-refractivity contribution >= 4 is 36.3 Å². The fourth-order valence-corrected chi connectivity index (χ4v) is 1.88. The van der Waals surface area contributed by atoms with Crippen LogP contribution in [0.25, 0.3) is 0 Å². The van der Waals surface area contributed by atoms with Crippen LogP contribution in [0.1, 0.15) is 20.8 Å². The number of aliphatic carboxylic acids is 1. The molecule has 0 aliphatic carbocycles. The molecule has 4 unspecified atom stereocenters. The van der Waals surface area contributed by atoms with Crippen LogP contribution in [0.2, 0.25) is 0 Å². The van der Waals surface area contributed by atoms with Crippen LogP contribution in [-0.4, -0.2) is 70.4 Å². The lowest BCUT2D eigenvalue weighted by molar-refractivity contribution is -0.142. The van der Waals surface area contributed by atoms with Crippen LogP contribution in [0.4, 0.5) is 0 Å². The Bertz CT molecular complexity index is 502. The van der Waals surface area contributed by atoms with E-state index in [4.69, 9.17) is 10.8 Å². The minimum atomic E-state index is -1.36. The monoisotopic (exact) mass is 378 g/mol. The van der Waals surface area contributed by atoms with E-state index in [-0.39, 0.29) is 11.7 Å². The molecular weight excluding hydrogens is 352 g/mol. The first kappa shape index (κ1) is 23.1. The summed E-state index contributed by atoms with van der Waals surface area (Å²) < 4.78 is 0. The Morgan fingerprint density at radius 2 is 1.56 bits per heavy atom. The zero-order chi connectivity index (χ0) is 19.7. The molecule has 3 amide bonds. The predicted molar refractivity (Wildman–Crippen MR) is 92.9 cm³/mol. The van der Waals surface area contributed by atoms with Gasteiger partial charge in [-0.15, -0.1) is 0 Å². The zero-order valence-corrected chi connectivity index (χ0v) is 15.2. The molecule has 0 saturated heterocycles. The van der Waals surface area contributed by atoms with Gasteiger partial charge in [0.1, 0.15) is 18.1 Å². The van der Waals surface area contributed by atoms with Gasteiger partial charge in [0.2, 0.25) is 17.7 Å². The number of amides is 3. The van der Waals surface area contributed by atoms with Gasteiger partial charge >= 0.3 is 5.97 Å². The Morgan fingerprint density at radius 1 is 1.00 bits per heavy atom. The quantitative estimate of drug-likeness (QED) is 0.205. The third-order valence-electron chi connectivity index (χ3n) is 3.33. The number of thiol groups is 1. The van der Waals surface area contributed by atoms with Gasteiger partial charge in [0.15, 0.2) is 0 Å². The number of carbonyl (C=O) groups is 4. The second-order valence-electron chi connectivity index (χ2n) is 5.83. The van der Waals surface area contributed by atoms with Gasteiger partial charge in [0.05, 0.1) is 12.6 Å². The van der Waals surface area contributed by atoms with E-state index in [1.54, 1.807) is 13.8 Å².